The average molecular weight is 225 g/mol. The highest BCUT2D eigenvalue weighted by Gasteiger charge is 2.48. The number of nitrogens with zero attached hydrogens (tertiary/aromatic N) is 1. The molecule has 2 unspecified atom stereocenters. The quantitative estimate of drug-likeness (QED) is 0.710. The molecule has 0 radical (unpaired) electrons. The van der Waals surface area contributed by atoms with Crippen LogP contribution in [0.15, 0.2) is 0 Å². The third kappa shape index (κ3) is 2.13. The Kier molecular flexibility index (Phi) is 2.73. The smallest absolute Gasteiger partial charge is 0.0718 e. The summed E-state index contributed by atoms with van der Waals surface area (Å²) in [5, 5.41) is 0. The maximum absolute atomic E-state index is 5.80. The number of rotatable bonds is 5. The van der Waals surface area contributed by atoms with Gasteiger partial charge < -0.3 is 9.47 Å². The van der Waals surface area contributed by atoms with Crippen LogP contribution in [0.3, 0.4) is 0 Å². The van der Waals surface area contributed by atoms with Crippen LogP contribution in [-0.4, -0.2) is 49.5 Å². The minimum atomic E-state index is 0.371. The summed E-state index contributed by atoms with van der Waals surface area (Å²) in [5.41, 5.74) is 0.495. The van der Waals surface area contributed by atoms with Gasteiger partial charge in [0.1, 0.15) is 0 Å². The molecule has 16 heavy (non-hydrogen) atoms. The lowest BCUT2D eigenvalue weighted by molar-refractivity contribution is -0.00212. The van der Waals surface area contributed by atoms with Gasteiger partial charge in [-0.15, -0.1) is 0 Å². The maximum atomic E-state index is 5.80. The fraction of sp³-hybridized carbons (Fsp3) is 1.00. The van der Waals surface area contributed by atoms with Crippen molar-refractivity contribution in [3.8, 4) is 0 Å². The molecular weight excluding hydrogens is 202 g/mol. The predicted molar refractivity (Wildman–Crippen MR) is 62.5 cm³/mol. The number of fused-ring (bicyclic) bond motifs is 2. The van der Waals surface area contributed by atoms with Gasteiger partial charge in [-0.25, -0.2) is 0 Å². The standard InChI is InChI=1S/C13H23NO2/c1-10(2)16-9-13(3-4-13)8-14-6-12-5-11(14)7-15-12/h10-12H,3-9H2,1-2H3. The molecule has 2 heterocycles. The van der Waals surface area contributed by atoms with Gasteiger partial charge in [-0.1, -0.05) is 0 Å². The summed E-state index contributed by atoms with van der Waals surface area (Å²) in [4.78, 5) is 2.64. The van der Waals surface area contributed by atoms with Gasteiger partial charge in [0.2, 0.25) is 0 Å². The molecule has 2 saturated heterocycles. The number of likely N-dealkylation sites (tertiary alicyclic amines) is 1. The molecule has 0 amide bonds. The van der Waals surface area contributed by atoms with Crippen LogP contribution < -0.4 is 0 Å². The Labute approximate surface area is 98.1 Å². The first-order chi connectivity index (χ1) is 7.67. The molecule has 2 atom stereocenters. The summed E-state index contributed by atoms with van der Waals surface area (Å²) >= 11 is 0. The molecule has 0 aromatic rings. The normalized spacial score (nSPS) is 36.2. The molecule has 3 rings (SSSR count). The Morgan fingerprint density at radius 1 is 1.44 bits per heavy atom. The van der Waals surface area contributed by atoms with Crippen molar-refractivity contribution < 1.29 is 9.47 Å². The third-order valence-electron chi connectivity index (χ3n) is 4.23. The highest BCUT2D eigenvalue weighted by atomic mass is 16.5. The molecule has 3 nitrogen and oxygen atoms in total. The molecule has 92 valence electrons. The van der Waals surface area contributed by atoms with Crippen LogP contribution >= 0.6 is 0 Å². The molecule has 3 heteroatoms. The van der Waals surface area contributed by atoms with Crippen molar-refractivity contribution in [2.24, 2.45) is 5.41 Å². The van der Waals surface area contributed by atoms with Crippen molar-refractivity contribution in [2.45, 2.75) is 51.4 Å². The average Bonchev–Trinajstić information content (AvgIpc) is 2.71. The van der Waals surface area contributed by atoms with E-state index >= 15 is 0 Å². The van der Waals surface area contributed by atoms with Crippen LogP contribution in [0.4, 0.5) is 0 Å². The number of morpholine rings is 1. The lowest BCUT2D eigenvalue weighted by Crippen LogP contribution is -2.41. The molecule has 2 bridgehead atoms. The van der Waals surface area contributed by atoms with Gasteiger partial charge in [0, 0.05) is 24.5 Å². The van der Waals surface area contributed by atoms with Crippen LogP contribution in [0.1, 0.15) is 33.1 Å². The highest BCUT2D eigenvalue weighted by molar-refractivity contribution is 5.00. The molecule has 0 aromatic heterocycles. The van der Waals surface area contributed by atoms with E-state index in [4.69, 9.17) is 9.47 Å². The fourth-order valence-electron chi connectivity index (χ4n) is 2.97. The molecular formula is C13H23NO2. The van der Waals surface area contributed by atoms with E-state index in [9.17, 15) is 0 Å². The van der Waals surface area contributed by atoms with E-state index in [1.165, 1.54) is 25.8 Å². The first-order valence-electron chi connectivity index (χ1n) is 6.64. The van der Waals surface area contributed by atoms with Crippen molar-refractivity contribution in [1.82, 2.24) is 4.90 Å². The van der Waals surface area contributed by atoms with E-state index < -0.39 is 0 Å². The lowest BCUT2D eigenvalue weighted by Gasteiger charge is -2.30. The molecule has 1 saturated carbocycles. The van der Waals surface area contributed by atoms with Crippen LogP contribution in [0.25, 0.3) is 0 Å². The topological polar surface area (TPSA) is 21.7 Å². The summed E-state index contributed by atoms with van der Waals surface area (Å²) in [6.45, 7) is 8.58. The van der Waals surface area contributed by atoms with Gasteiger partial charge in [-0.3, -0.25) is 4.90 Å². The molecule has 3 fully saturated rings. The van der Waals surface area contributed by atoms with Crippen molar-refractivity contribution >= 4 is 0 Å². The molecule has 0 aromatic carbocycles. The van der Waals surface area contributed by atoms with Crippen LogP contribution in [0.5, 0.6) is 0 Å². The maximum Gasteiger partial charge on any atom is 0.0718 e. The van der Waals surface area contributed by atoms with Gasteiger partial charge in [0.15, 0.2) is 0 Å². The summed E-state index contributed by atoms with van der Waals surface area (Å²) in [6, 6.07) is 0.710. The zero-order valence-electron chi connectivity index (χ0n) is 10.4. The van der Waals surface area contributed by atoms with Gasteiger partial charge in [0.05, 0.1) is 25.4 Å². The largest absolute Gasteiger partial charge is 0.378 e. The summed E-state index contributed by atoms with van der Waals surface area (Å²) in [7, 11) is 0. The third-order valence-corrected chi connectivity index (χ3v) is 4.23. The van der Waals surface area contributed by atoms with E-state index in [1.807, 2.05) is 0 Å². The van der Waals surface area contributed by atoms with E-state index in [-0.39, 0.29) is 0 Å². The zero-order valence-corrected chi connectivity index (χ0v) is 10.4. The van der Waals surface area contributed by atoms with E-state index in [2.05, 4.69) is 18.7 Å². The number of hydrogen-bond donors (Lipinski definition) is 0. The Balaban J connectivity index is 1.51. The Morgan fingerprint density at radius 3 is 2.75 bits per heavy atom. The van der Waals surface area contributed by atoms with Gasteiger partial charge in [0.25, 0.3) is 0 Å². The number of hydrogen-bond acceptors (Lipinski definition) is 3. The number of ether oxygens (including phenoxy) is 2. The monoisotopic (exact) mass is 225 g/mol. The van der Waals surface area contributed by atoms with Crippen molar-refractivity contribution in [1.29, 1.82) is 0 Å². The SMILES string of the molecule is CC(C)OCC1(CN2CC3CC2CO3)CC1. The second kappa shape index (κ2) is 3.97. The minimum Gasteiger partial charge on any atom is -0.378 e. The second-order valence-electron chi connectivity index (χ2n) is 6.13. The zero-order chi connectivity index (χ0) is 11.2. The predicted octanol–water partition coefficient (Wildman–Crippen LogP) is 1.66. The molecule has 0 N–H and O–H groups in total. The molecule has 0 spiro atoms. The van der Waals surface area contributed by atoms with Crippen molar-refractivity contribution in [3.05, 3.63) is 0 Å². The van der Waals surface area contributed by atoms with Gasteiger partial charge in [-0.05, 0) is 33.1 Å². The van der Waals surface area contributed by atoms with Crippen LogP contribution in [0.2, 0.25) is 0 Å². The Morgan fingerprint density at radius 2 is 2.25 bits per heavy atom. The van der Waals surface area contributed by atoms with Crippen molar-refractivity contribution in [3.63, 3.8) is 0 Å². The highest BCUT2D eigenvalue weighted by Crippen LogP contribution is 2.48. The first-order valence-corrected chi connectivity index (χ1v) is 6.64. The Hall–Kier alpha value is -0.120. The van der Waals surface area contributed by atoms with Crippen molar-refractivity contribution in [2.75, 3.05) is 26.3 Å². The fourth-order valence-corrected chi connectivity index (χ4v) is 2.97. The first kappa shape index (κ1) is 11.0. The van der Waals surface area contributed by atoms with E-state index in [0.29, 0.717) is 23.7 Å². The molecule has 2 aliphatic heterocycles. The lowest BCUT2D eigenvalue weighted by atomic mass is 10.1. The molecule has 1 aliphatic carbocycles. The minimum absolute atomic E-state index is 0.371. The van der Waals surface area contributed by atoms with Crippen LogP contribution in [0, 0.1) is 5.41 Å². The summed E-state index contributed by atoms with van der Waals surface area (Å²) in [5.74, 6) is 0. The van der Waals surface area contributed by atoms with E-state index in [0.717, 1.165) is 19.8 Å². The van der Waals surface area contributed by atoms with E-state index in [1.54, 1.807) is 0 Å². The second-order valence-corrected chi connectivity index (χ2v) is 6.13. The van der Waals surface area contributed by atoms with Crippen LogP contribution in [-0.2, 0) is 9.47 Å². The summed E-state index contributed by atoms with van der Waals surface area (Å²) < 4.78 is 11.4. The van der Waals surface area contributed by atoms with Gasteiger partial charge in [-0.2, -0.15) is 0 Å². The molecule has 3 aliphatic rings. The Bertz CT molecular complexity index is 263. The van der Waals surface area contributed by atoms with Gasteiger partial charge >= 0.3 is 0 Å². The summed E-state index contributed by atoms with van der Waals surface area (Å²) in [6.07, 6.45) is 4.88.